The predicted octanol–water partition coefficient (Wildman–Crippen LogP) is 4.15. The van der Waals surface area contributed by atoms with Crippen molar-refractivity contribution in [1.82, 2.24) is 0 Å². The minimum atomic E-state index is -0.963. The van der Waals surface area contributed by atoms with Crippen molar-refractivity contribution in [1.29, 1.82) is 0 Å². The molecule has 0 spiro atoms. The van der Waals surface area contributed by atoms with Crippen molar-refractivity contribution in [3.05, 3.63) is 54.7 Å². The predicted molar refractivity (Wildman–Crippen MR) is 132 cm³/mol. The zero-order valence-electron chi connectivity index (χ0n) is 17.1. The molecule has 0 heterocycles. The molecule has 0 saturated carbocycles. The summed E-state index contributed by atoms with van der Waals surface area (Å²) < 4.78 is 23.9. The number of ether oxygens (including phenoxy) is 4. The van der Waals surface area contributed by atoms with E-state index < -0.39 is 12.2 Å². The van der Waals surface area contributed by atoms with Crippen LogP contribution in [0.3, 0.4) is 0 Å². The van der Waals surface area contributed by atoms with Crippen LogP contribution in [0.5, 0.6) is 11.5 Å². The molecule has 2 aromatic rings. The molecule has 30 heavy (non-hydrogen) atoms. The lowest BCUT2D eigenvalue weighted by molar-refractivity contribution is 0.0108. The number of halogens is 2. The maximum Gasteiger partial charge on any atom is 0.189 e. The molecule has 0 bridgehead atoms. The van der Waals surface area contributed by atoms with E-state index in [-0.39, 0.29) is 26.4 Å². The third kappa shape index (κ3) is 7.79. The van der Waals surface area contributed by atoms with Gasteiger partial charge in [-0.2, -0.15) is 0 Å². The van der Waals surface area contributed by atoms with Crippen molar-refractivity contribution in [3.8, 4) is 11.5 Å². The largest absolute Gasteiger partial charge is 0.466 e. The highest BCUT2D eigenvalue weighted by Gasteiger charge is 2.22. The van der Waals surface area contributed by atoms with Crippen molar-refractivity contribution in [3.63, 3.8) is 0 Å². The average Bonchev–Trinajstić information content (AvgIpc) is 2.72. The maximum absolute atomic E-state index is 10.7. The van der Waals surface area contributed by atoms with E-state index in [0.717, 1.165) is 18.3 Å². The Kier molecular flexibility index (Phi) is 11.7. The Morgan fingerprint density at radius 3 is 1.50 bits per heavy atom. The molecule has 8 heteroatoms. The fourth-order valence-electron chi connectivity index (χ4n) is 2.84. The van der Waals surface area contributed by atoms with Crippen molar-refractivity contribution in [2.45, 2.75) is 38.9 Å². The summed E-state index contributed by atoms with van der Waals surface area (Å²) in [6.45, 7) is 5.21. The van der Waals surface area contributed by atoms with Crippen LogP contribution in [0.4, 0.5) is 0 Å². The Morgan fingerprint density at radius 1 is 0.733 bits per heavy atom. The molecule has 0 fully saturated rings. The van der Waals surface area contributed by atoms with Gasteiger partial charge in [0.1, 0.15) is 11.5 Å². The van der Waals surface area contributed by atoms with Gasteiger partial charge in [0.25, 0.3) is 0 Å². The van der Waals surface area contributed by atoms with Crippen LogP contribution in [-0.2, 0) is 22.3 Å². The maximum atomic E-state index is 10.7. The number of aliphatic hydroxyl groups excluding tert-OH is 2. The van der Waals surface area contributed by atoms with Crippen LogP contribution in [0.1, 0.15) is 25.0 Å². The lowest BCUT2D eigenvalue weighted by Crippen LogP contribution is -2.30. The zero-order chi connectivity index (χ0) is 21.9. The van der Waals surface area contributed by atoms with Gasteiger partial charge in [-0.05, 0) is 82.3 Å². The number of hydrogen-bond donors (Lipinski definition) is 2. The van der Waals surface area contributed by atoms with E-state index in [9.17, 15) is 10.2 Å². The smallest absolute Gasteiger partial charge is 0.189 e. The second-order valence-electron chi connectivity index (χ2n) is 6.51. The van der Waals surface area contributed by atoms with E-state index in [2.05, 4.69) is 45.2 Å². The quantitative estimate of drug-likeness (QED) is 0.195. The molecule has 6 nitrogen and oxygen atoms in total. The molecule has 0 aliphatic carbocycles. The van der Waals surface area contributed by atoms with Crippen LogP contribution < -0.4 is 9.47 Å². The summed E-state index contributed by atoms with van der Waals surface area (Å²) in [7, 11) is 0. The molecular formula is C22H28I2O6. The van der Waals surface area contributed by atoms with Crippen LogP contribution in [0, 0.1) is 7.14 Å². The molecule has 0 aromatic heterocycles. The summed E-state index contributed by atoms with van der Waals surface area (Å²) in [5.41, 5.74) is 1.65. The molecule has 2 N–H and O–H groups in total. The third-order valence-corrected chi connectivity index (χ3v) is 6.08. The van der Waals surface area contributed by atoms with Gasteiger partial charge in [-0.15, -0.1) is 0 Å². The van der Waals surface area contributed by atoms with Crippen LogP contribution in [0.15, 0.2) is 36.4 Å². The SMILES string of the molecule is CCOCOc1c(I)cccc1CC(O)C(O)Cc1cccc(I)c1OCOCC. The van der Waals surface area contributed by atoms with Gasteiger partial charge < -0.3 is 29.2 Å². The van der Waals surface area contributed by atoms with Crippen molar-refractivity contribution >= 4 is 45.2 Å². The summed E-state index contributed by atoms with van der Waals surface area (Å²) in [6, 6.07) is 11.5. The van der Waals surface area contributed by atoms with Gasteiger partial charge in [0.05, 0.1) is 19.3 Å². The van der Waals surface area contributed by atoms with Gasteiger partial charge in [-0.25, -0.2) is 0 Å². The van der Waals surface area contributed by atoms with E-state index >= 15 is 0 Å². The van der Waals surface area contributed by atoms with Crippen LogP contribution in [0.2, 0.25) is 0 Å². The topological polar surface area (TPSA) is 77.4 Å². The van der Waals surface area contributed by atoms with Crippen LogP contribution in [0.25, 0.3) is 0 Å². The highest BCUT2D eigenvalue weighted by molar-refractivity contribution is 14.1. The third-order valence-electron chi connectivity index (χ3n) is 4.38. The van der Waals surface area contributed by atoms with Gasteiger partial charge in [-0.3, -0.25) is 0 Å². The van der Waals surface area contributed by atoms with E-state index in [1.54, 1.807) is 0 Å². The van der Waals surface area contributed by atoms with Gasteiger partial charge in [0.2, 0.25) is 0 Å². The van der Waals surface area contributed by atoms with Crippen molar-refractivity contribution in [2.24, 2.45) is 0 Å². The van der Waals surface area contributed by atoms with Gasteiger partial charge >= 0.3 is 0 Å². The number of aliphatic hydroxyl groups is 2. The second kappa shape index (κ2) is 13.7. The molecule has 2 rings (SSSR count). The molecule has 2 atom stereocenters. The Bertz CT molecular complexity index is 721. The first kappa shape index (κ1) is 25.6. The molecule has 0 saturated heterocycles. The number of hydrogen-bond acceptors (Lipinski definition) is 6. The Balaban J connectivity index is 2.08. The van der Waals surface area contributed by atoms with Crippen molar-refractivity contribution in [2.75, 3.05) is 26.8 Å². The van der Waals surface area contributed by atoms with E-state index in [1.165, 1.54) is 0 Å². The first-order chi connectivity index (χ1) is 14.5. The second-order valence-corrected chi connectivity index (χ2v) is 8.83. The van der Waals surface area contributed by atoms with Crippen molar-refractivity contribution < 1.29 is 29.2 Å². The normalized spacial score (nSPS) is 13.1. The molecule has 166 valence electrons. The number of rotatable bonds is 13. The lowest BCUT2D eigenvalue weighted by Gasteiger charge is -2.21. The minimum Gasteiger partial charge on any atom is -0.466 e. The molecule has 2 unspecified atom stereocenters. The number of para-hydroxylation sites is 2. The monoisotopic (exact) mass is 642 g/mol. The average molecular weight is 642 g/mol. The number of benzene rings is 2. The fraction of sp³-hybridized carbons (Fsp3) is 0.455. The molecule has 0 aliphatic rings. The molecule has 0 aliphatic heterocycles. The van der Waals surface area contributed by atoms with E-state index in [1.807, 2.05) is 50.2 Å². The summed E-state index contributed by atoms with van der Waals surface area (Å²) in [5.74, 6) is 1.35. The summed E-state index contributed by atoms with van der Waals surface area (Å²) >= 11 is 4.38. The first-order valence-electron chi connectivity index (χ1n) is 9.79. The van der Waals surface area contributed by atoms with E-state index in [4.69, 9.17) is 18.9 Å². The zero-order valence-corrected chi connectivity index (χ0v) is 21.5. The molecular weight excluding hydrogens is 614 g/mol. The first-order valence-corrected chi connectivity index (χ1v) is 12.0. The van der Waals surface area contributed by atoms with Gasteiger partial charge in [0.15, 0.2) is 13.6 Å². The highest BCUT2D eigenvalue weighted by atomic mass is 127. The Hall–Kier alpha value is -0.660. The Morgan fingerprint density at radius 2 is 1.13 bits per heavy atom. The minimum absolute atomic E-state index is 0.144. The summed E-state index contributed by atoms with van der Waals surface area (Å²) in [6.07, 6.45) is -1.40. The summed E-state index contributed by atoms with van der Waals surface area (Å²) in [4.78, 5) is 0. The Labute approximate surface area is 205 Å². The highest BCUT2D eigenvalue weighted by Crippen LogP contribution is 2.30. The molecule has 0 radical (unpaired) electrons. The van der Waals surface area contributed by atoms with Gasteiger partial charge in [0, 0.05) is 26.1 Å². The summed E-state index contributed by atoms with van der Waals surface area (Å²) in [5, 5.41) is 21.4. The van der Waals surface area contributed by atoms with Crippen LogP contribution in [-0.4, -0.2) is 49.2 Å². The van der Waals surface area contributed by atoms with Crippen LogP contribution >= 0.6 is 45.2 Å². The molecule has 0 amide bonds. The lowest BCUT2D eigenvalue weighted by atomic mass is 9.97. The van der Waals surface area contributed by atoms with Gasteiger partial charge in [-0.1, -0.05) is 24.3 Å². The fourth-order valence-corrected chi connectivity index (χ4v) is 4.26. The standard InChI is InChI=1S/C22H28I2O6/c1-3-27-13-29-21-15(7-5-9-17(21)23)11-19(25)20(26)12-16-8-6-10-18(24)22(16)30-14-28-4-2/h5-10,19-20,25-26H,3-4,11-14H2,1-2H3. The molecule has 2 aromatic carbocycles. The van der Waals surface area contributed by atoms with E-state index in [0.29, 0.717) is 24.7 Å².